The van der Waals surface area contributed by atoms with Gasteiger partial charge in [-0.2, -0.15) is 0 Å². The highest BCUT2D eigenvalue weighted by Gasteiger charge is 2.10. The Hall–Kier alpha value is -1.59. The summed E-state index contributed by atoms with van der Waals surface area (Å²) in [6, 6.07) is 9.04. The predicted molar refractivity (Wildman–Crippen MR) is 82.0 cm³/mol. The van der Waals surface area contributed by atoms with Gasteiger partial charge in [0.2, 0.25) is 5.89 Å². The molecule has 2 aromatic rings. The quantitative estimate of drug-likeness (QED) is 0.885. The molecule has 0 aliphatic carbocycles. The van der Waals surface area contributed by atoms with Crippen molar-refractivity contribution < 1.29 is 4.42 Å². The van der Waals surface area contributed by atoms with Crippen molar-refractivity contribution in [3.63, 3.8) is 0 Å². The topological polar surface area (TPSA) is 77.0 Å². The smallest absolute Gasteiger partial charge is 0.315 e. The lowest BCUT2D eigenvalue weighted by molar-refractivity contribution is 0.503. The van der Waals surface area contributed by atoms with E-state index in [4.69, 9.17) is 10.2 Å². The summed E-state index contributed by atoms with van der Waals surface area (Å²) in [6.07, 6.45) is 0. The summed E-state index contributed by atoms with van der Waals surface area (Å²) in [6.45, 7) is 6.68. The molecule has 1 atom stereocenters. The number of hydrogen-bond acceptors (Lipinski definition) is 5. The van der Waals surface area contributed by atoms with E-state index >= 15 is 0 Å². The Morgan fingerprint density at radius 3 is 2.20 bits per heavy atom. The first-order valence-electron chi connectivity index (χ1n) is 6.49. The maximum atomic E-state index is 5.43. The Morgan fingerprint density at radius 2 is 1.70 bits per heavy atom. The van der Waals surface area contributed by atoms with Crippen LogP contribution in [0.1, 0.15) is 49.7 Å². The molecule has 0 bridgehead atoms. The number of rotatable bonds is 5. The Balaban J connectivity index is 0.00000200. The van der Waals surface area contributed by atoms with E-state index in [-0.39, 0.29) is 25.0 Å². The molecule has 0 amide bonds. The minimum atomic E-state index is 0. The van der Waals surface area contributed by atoms with Crippen molar-refractivity contribution in [3.05, 3.63) is 41.3 Å². The number of anilines is 1. The van der Waals surface area contributed by atoms with Crippen LogP contribution in [0.4, 0.5) is 6.01 Å². The SMILES string of the molecule is CC(C)c1ccc(C(C)Nc2nnc(CN)o2)cc1.Cl. The van der Waals surface area contributed by atoms with E-state index in [1.807, 2.05) is 0 Å². The number of nitrogens with two attached hydrogens (primary N) is 1. The van der Waals surface area contributed by atoms with Crippen molar-refractivity contribution in [1.82, 2.24) is 10.2 Å². The van der Waals surface area contributed by atoms with Crippen molar-refractivity contribution in [2.24, 2.45) is 5.73 Å². The first-order chi connectivity index (χ1) is 9.10. The number of aromatic nitrogens is 2. The van der Waals surface area contributed by atoms with Crippen molar-refractivity contribution in [3.8, 4) is 0 Å². The molecule has 2 rings (SSSR count). The molecule has 0 saturated heterocycles. The molecule has 0 aliphatic heterocycles. The summed E-state index contributed by atoms with van der Waals surface area (Å²) in [7, 11) is 0. The first-order valence-corrected chi connectivity index (χ1v) is 6.49. The van der Waals surface area contributed by atoms with E-state index in [0.29, 0.717) is 17.8 Å². The van der Waals surface area contributed by atoms with Crippen LogP contribution in [-0.4, -0.2) is 10.2 Å². The van der Waals surface area contributed by atoms with Crippen LogP contribution in [-0.2, 0) is 6.54 Å². The summed E-state index contributed by atoms with van der Waals surface area (Å²) in [5, 5.41) is 10.9. The summed E-state index contributed by atoms with van der Waals surface area (Å²) in [5.74, 6) is 0.977. The third kappa shape index (κ3) is 3.95. The van der Waals surface area contributed by atoms with Gasteiger partial charge in [-0.15, -0.1) is 17.5 Å². The van der Waals surface area contributed by atoms with Gasteiger partial charge in [-0.1, -0.05) is 43.2 Å². The van der Waals surface area contributed by atoms with Gasteiger partial charge in [-0.3, -0.25) is 0 Å². The van der Waals surface area contributed by atoms with Gasteiger partial charge in [0, 0.05) is 0 Å². The third-order valence-corrected chi connectivity index (χ3v) is 3.08. The van der Waals surface area contributed by atoms with E-state index in [0.717, 1.165) is 0 Å². The maximum Gasteiger partial charge on any atom is 0.315 e. The summed E-state index contributed by atoms with van der Waals surface area (Å²) in [4.78, 5) is 0. The van der Waals surface area contributed by atoms with Gasteiger partial charge in [0.15, 0.2) is 0 Å². The minimum absolute atomic E-state index is 0. The van der Waals surface area contributed by atoms with Gasteiger partial charge in [-0.25, -0.2) is 0 Å². The van der Waals surface area contributed by atoms with Gasteiger partial charge in [-0.05, 0) is 24.0 Å². The molecular weight excluding hydrogens is 276 g/mol. The van der Waals surface area contributed by atoms with Crippen LogP contribution in [0, 0.1) is 0 Å². The highest BCUT2D eigenvalue weighted by atomic mass is 35.5. The second-order valence-electron chi connectivity index (χ2n) is 4.89. The molecule has 0 radical (unpaired) electrons. The van der Waals surface area contributed by atoms with Crippen LogP contribution in [0.3, 0.4) is 0 Å². The molecule has 0 spiro atoms. The van der Waals surface area contributed by atoms with E-state index in [9.17, 15) is 0 Å². The lowest BCUT2D eigenvalue weighted by Gasteiger charge is -2.13. The predicted octanol–water partition coefficient (Wildman–Crippen LogP) is 3.25. The Morgan fingerprint density at radius 1 is 1.10 bits per heavy atom. The maximum absolute atomic E-state index is 5.43. The number of nitrogens with one attached hydrogen (secondary N) is 1. The molecule has 3 N–H and O–H groups in total. The Kier molecular flexibility index (Phi) is 5.98. The van der Waals surface area contributed by atoms with E-state index in [1.165, 1.54) is 11.1 Å². The highest BCUT2D eigenvalue weighted by molar-refractivity contribution is 5.85. The lowest BCUT2D eigenvalue weighted by atomic mass is 10.00. The van der Waals surface area contributed by atoms with Crippen LogP contribution in [0.25, 0.3) is 0 Å². The zero-order valence-electron chi connectivity index (χ0n) is 12.0. The van der Waals surface area contributed by atoms with E-state index in [1.54, 1.807) is 0 Å². The van der Waals surface area contributed by atoms with Gasteiger partial charge in [0.05, 0.1) is 12.6 Å². The number of halogens is 1. The van der Waals surface area contributed by atoms with Gasteiger partial charge >= 0.3 is 6.01 Å². The minimum Gasteiger partial charge on any atom is -0.407 e. The van der Waals surface area contributed by atoms with E-state index < -0.39 is 0 Å². The fourth-order valence-electron chi connectivity index (χ4n) is 1.83. The third-order valence-electron chi connectivity index (χ3n) is 3.08. The zero-order valence-corrected chi connectivity index (χ0v) is 12.8. The van der Waals surface area contributed by atoms with Crippen LogP contribution < -0.4 is 11.1 Å². The summed E-state index contributed by atoms with van der Waals surface area (Å²) < 4.78 is 5.33. The largest absolute Gasteiger partial charge is 0.407 e. The van der Waals surface area contributed by atoms with Gasteiger partial charge < -0.3 is 15.5 Å². The van der Waals surface area contributed by atoms with Crippen molar-refractivity contribution in [2.75, 3.05) is 5.32 Å². The Bertz CT molecular complexity index is 524. The molecule has 1 heterocycles. The Labute approximate surface area is 125 Å². The molecule has 1 unspecified atom stereocenters. The normalized spacial score (nSPS) is 12.1. The molecule has 0 saturated carbocycles. The number of hydrogen-bond donors (Lipinski definition) is 2. The van der Waals surface area contributed by atoms with Crippen LogP contribution in [0.2, 0.25) is 0 Å². The van der Waals surface area contributed by atoms with E-state index in [2.05, 4.69) is 60.6 Å². The van der Waals surface area contributed by atoms with Crippen LogP contribution >= 0.6 is 12.4 Å². The van der Waals surface area contributed by atoms with Crippen molar-refractivity contribution >= 4 is 18.4 Å². The molecule has 6 heteroatoms. The molecule has 110 valence electrons. The standard InChI is InChI=1S/C14H20N4O.ClH/c1-9(2)11-4-6-12(7-5-11)10(3)16-14-18-17-13(8-15)19-14;/h4-7,9-10H,8,15H2,1-3H3,(H,16,18);1H. The van der Waals surface area contributed by atoms with Gasteiger partial charge in [0.1, 0.15) is 0 Å². The van der Waals surface area contributed by atoms with Gasteiger partial charge in [0.25, 0.3) is 0 Å². The molecule has 0 fully saturated rings. The average molecular weight is 297 g/mol. The monoisotopic (exact) mass is 296 g/mol. The lowest BCUT2D eigenvalue weighted by Crippen LogP contribution is -2.07. The number of benzene rings is 1. The summed E-state index contributed by atoms with van der Waals surface area (Å²) >= 11 is 0. The fraction of sp³-hybridized carbons (Fsp3) is 0.429. The first kappa shape index (κ1) is 16.5. The zero-order chi connectivity index (χ0) is 13.8. The highest BCUT2D eigenvalue weighted by Crippen LogP contribution is 2.21. The second kappa shape index (κ2) is 7.26. The summed E-state index contributed by atoms with van der Waals surface area (Å²) in [5.41, 5.74) is 7.94. The fourth-order valence-corrected chi connectivity index (χ4v) is 1.83. The van der Waals surface area contributed by atoms with Crippen LogP contribution in [0.15, 0.2) is 28.7 Å². The van der Waals surface area contributed by atoms with Crippen molar-refractivity contribution in [2.45, 2.75) is 39.3 Å². The molecule has 5 nitrogen and oxygen atoms in total. The molecule has 1 aromatic heterocycles. The van der Waals surface area contributed by atoms with Crippen LogP contribution in [0.5, 0.6) is 0 Å². The molecule has 0 aliphatic rings. The second-order valence-corrected chi connectivity index (χ2v) is 4.89. The average Bonchev–Trinajstić information content (AvgIpc) is 2.86. The molecule has 20 heavy (non-hydrogen) atoms. The number of nitrogens with zero attached hydrogens (tertiary/aromatic N) is 2. The molecular formula is C14H21ClN4O. The molecule has 1 aromatic carbocycles. The van der Waals surface area contributed by atoms with Crippen molar-refractivity contribution in [1.29, 1.82) is 0 Å².